The Morgan fingerprint density at radius 3 is 3.00 bits per heavy atom. The van der Waals surface area contributed by atoms with Crippen molar-refractivity contribution in [2.45, 2.75) is 19.3 Å². The number of anilines is 1. The van der Waals surface area contributed by atoms with Crippen LogP contribution in [0, 0.1) is 0 Å². The minimum Gasteiger partial charge on any atom is -0.322 e. The largest absolute Gasteiger partial charge is 0.322 e. The van der Waals surface area contributed by atoms with Crippen LogP contribution in [0.3, 0.4) is 0 Å². The lowest BCUT2D eigenvalue weighted by molar-refractivity contribution is 0.102. The average molecular weight is 307 g/mol. The van der Waals surface area contributed by atoms with Gasteiger partial charge in [0, 0.05) is 18.1 Å². The third-order valence-corrected chi connectivity index (χ3v) is 4.00. The predicted molar refractivity (Wildman–Crippen MR) is 83.5 cm³/mol. The van der Waals surface area contributed by atoms with Crippen LogP contribution in [0.2, 0.25) is 0 Å². The fourth-order valence-electron chi connectivity index (χ4n) is 2.85. The number of nitrogens with one attached hydrogen (secondary N) is 1. The lowest BCUT2D eigenvalue weighted by Gasteiger charge is -2.07. The smallest absolute Gasteiger partial charge is 0.272 e. The number of aromatic nitrogens is 4. The minimum atomic E-state index is -0.480. The number of carbonyl (C=O) groups is 1. The maximum atomic E-state index is 12.4. The summed E-state index contributed by atoms with van der Waals surface area (Å²) in [4.78, 5) is 28.7. The number of hydrogen-bond acceptors (Lipinski definition) is 5. The molecule has 2 aromatic heterocycles. The van der Waals surface area contributed by atoms with Crippen LogP contribution in [0.1, 0.15) is 27.9 Å². The van der Waals surface area contributed by atoms with Crippen molar-refractivity contribution in [3.63, 3.8) is 0 Å². The molecule has 1 aromatic carbocycles. The number of fused-ring (bicyclic) bond motifs is 2. The Bertz CT molecular complexity index is 980. The van der Waals surface area contributed by atoms with Gasteiger partial charge in [-0.2, -0.15) is 5.10 Å². The van der Waals surface area contributed by atoms with E-state index in [0.717, 1.165) is 19.3 Å². The van der Waals surface area contributed by atoms with Crippen LogP contribution in [0.25, 0.3) is 5.78 Å². The summed E-state index contributed by atoms with van der Waals surface area (Å²) < 4.78 is 1.20. The zero-order valence-corrected chi connectivity index (χ0v) is 12.2. The van der Waals surface area contributed by atoms with Crippen LogP contribution in [-0.2, 0) is 12.8 Å². The monoisotopic (exact) mass is 307 g/mol. The Morgan fingerprint density at radius 1 is 1.22 bits per heavy atom. The van der Waals surface area contributed by atoms with Gasteiger partial charge < -0.3 is 5.32 Å². The van der Waals surface area contributed by atoms with Gasteiger partial charge in [-0.05, 0) is 42.5 Å². The highest BCUT2D eigenvalue weighted by Gasteiger charge is 2.16. The van der Waals surface area contributed by atoms with Crippen molar-refractivity contribution in [2.75, 3.05) is 5.32 Å². The third-order valence-electron chi connectivity index (χ3n) is 4.00. The highest BCUT2D eigenvalue weighted by atomic mass is 16.2. The van der Waals surface area contributed by atoms with Gasteiger partial charge >= 0.3 is 0 Å². The van der Waals surface area contributed by atoms with Crippen LogP contribution in [-0.4, -0.2) is 25.5 Å². The van der Waals surface area contributed by atoms with Crippen molar-refractivity contribution in [2.24, 2.45) is 0 Å². The third kappa shape index (κ3) is 2.36. The molecule has 0 bridgehead atoms. The van der Waals surface area contributed by atoms with Crippen molar-refractivity contribution in [1.29, 1.82) is 0 Å². The molecule has 0 spiro atoms. The van der Waals surface area contributed by atoms with Gasteiger partial charge in [-0.3, -0.25) is 9.59 Å². The van der Waals surface area contributed by atoms with Crippen LogP contribution in [0.5, 0.6) is 0 Å². The molecule has 0 radical (unpaired) electrons. The molecule has 0 saturated heterocycles. The van der Waals surface area contributed by atoms with E-state index in [1.807, 2.05) is 18.2 Å². The number of amides is 1. The fraction of sp³-hybridized carbons (Fsp3) is 0.188. The van der Waals surface area contributed by atoms with E-state index in [9.17, 15) is 9.59 Å². The average Bonchev–Trinajstić information content (AvgIpc) is 3.03. The van der Waals surface area contributed by atoms with E-state index in [4.69, 9.17) is 0 Å². The van der Waals surface area contributed by atoms with Crippen LogP contribution >= 0.6 is 0 Å². The summed E-state index contributed by atoms with van der Waals surface area (Å²) in [6, 6.07) is 5.86. The normalized spacial score (nSPS) is 13.0. The van der Waals surface area contributed by atoms with Gasteiger partial charge in [0.05, 0.1) is 6.20 Å². The zero-order valence-electron chi connectivity index (χ0n) is 12.2. The highest BCUT2D eigenvalue weighted by Crippen LogP contribution is 2.24. The Morgan fingerprint density at radius 2 is 2.09 bits per heavy atom. The molecule has 0 saturated carbocycles. The SMILES string of the molecule is O=C(Nc1ccc2c(c1)CCC2)c1cnc2nnccn2c1=O. The summed E-state index contributed by atoms with van der Waals surface area (Å²) in [5.74, 6) is -0.321. The zero-order chi connectivity index (χ0) is 15.8. The second kappa shape index (κ2) is 5.28. The molecular weight excluding hydrogens is 294 g/mol. The van der Waals surface area contributed by atoms with E-state index in [1.54, 1.807) is 0 Å². The van der Waals surface area contributed by atoms with Gasteiger partial charge in [0.1, 0.15) is 5.56 Å². The standard InChI is InChI=1S/C16H13N5O2/c22-14(19-12-5-4-10-2-1-3-11(10)8-12)13-9-17-16-20-18-6-7-21(16)15(13)23/h4-9H,1-3H2,(H,19,22). The summed E-state index contributed by atoms with van der Waals surface area (Å²) in [6.45, 7) is 0. The molecule has 4 rings (SSSR count). The molecule has 114 valence electrons. The first kappa shape index (κ1) is 13.6. The Kier molecular flexibility index (Phi) is 3.11. The minimum absolute atomic E-state index is 0.0315. The molecular formula is C16H13N5O2. The van der Waals surface area contributed by atoms with Gasteiger partial charge in [-0.15, -0.1) is 5.10 Å². The van der Waals surface area contributed by atoms with Crippen molar-refractivity contribution < 1.29 is 4.79 Å². The summed E-state index contributed by atoms with van der Waals surface area (Å²) in [5.41, 5.74) is 2.77. The van der Waals surface area contributed by atoms with E-state index in [2.05, 4.69) is 20.5 Å². The summed E-state index contributed by atoms with van der Waals surface area (Å²) in [6.07, 6.45) is 7.29. The first-order valence-electron chi connectivity index (χ1n) is 7.34. The molecule has 7 heteroatoms. The molecule has 2 heterocycles. The quantitative estimate of drug-likeness (QED) is 0.769. The molecule has 1 aliphatic carbocycles. The maximum Gasteiger partial charge on any atom is 0.272 e. The second-order valence-corrected chi connectivity index (χ2v) is 5.45. The van der Waals surface area contributed by atoms with Gasteiger partial charge in [0.25, 0.3) is 17.2 Å². The Balaban J connectivity index is 1.67. The van der Waals surface area contributed by atoms with Crippen molar-refractivity contribution in [1.82, 2.24) is 19.6 Å². The molecule has 1 amide bonds. The van der Waals surface area contributed by atoms with Gasteiger partial charge in [0.2, 0.25) is 0 Å². The number of carbonyl (C=O) groups excluding carboxylic acids is 1. The highest BCUT2D eigenvalue weighted by molar-refractivity contribution is 6.03. The molecule has 1 aliphatic rings. The Hall–Kier alpha value is -3.09. The summed E-state index contributed by atoms with van der Waals surface area (Å²) >= 11 is 0. The Labute approximate surface area is 131 Å². The lowest BCUT2D eigenvalue weighted by atomic mass is 10.1. The van der Waals surface area contributed by atoms with Gasteiger partial charge in [-0.25, -0.2) is 9.38 Å². The van der Waals surface area contributed by atoms with E-state index < -0.39 is 11.5 Å². The molecule has 7 nitrogen and oxygen atoms in total. The molecule has 23 heavy (non-hydrogen) atoms. The number of benzene rings is 1. The van der Waals surface area contributed by atoms with Crippen LogP contribution in [0.15, 0.2) is 41.6 Å². The molecule has 3 aromatic rings. The first-order chi connectivity index (χ1) is 11.2. The molecule has 0 fully saturated rings. The fourth-order valence-corrected chi connectivity index (χ4v) is 2.85. The summed E-state index contributed by atoms with van der Waals surface area (Å²) in [7, 11) is 0. The molecule has 1 N–H and O–H groups in total. The molecule has 0 aliphatic heterocycles. The second-order valence-electron chi connectivity index (χ2n) is 5.45. The molecule has 0 atom stereocenters. The van der Waals surface area contributed by atoms with E-state index in [0.29, 0.717) is 5.69 Å². The van der Waals surface area contributed by atoms with Crippen molar-refractivity contribution in [3.8, 4) is 0 Å². The first-order valence-corrected chi connectivity index (χ1v) is 7.34. The number of nitrogens with zero attached hydrogens (tertiary/aromatic N) is 4. The molecule has 0 unspecified atom stereocenters. The van der Waals surface area contributed by atoms with Crippen LogP contribution < -0.4 is 10.9 Å². The number of hydrogen-bond donors (Lipinski definition) is 1. The van der Waals surface area contributed by atoms with Gasteiger partial charge in [0.15, 0.2) is 0 Å². The summed E-state index contributed by atoms with van der Waals surface area (Å²) in [5, 5.41) is 10.2. The van der Waals surface area contributed by atoms with Crippen molar-refractivity contribution >= 4 is 17.4 Å². The number of rotatable bonds is 2. The van der Waals surface area contributed by atoms with Crippen LogP contribution in [0.4, 0.5) is 5.69 Å². The topological polar surface area (TPSA) is 89.2 Å². The van der Waals surface area contributed by atoms with Crippen molar-refractivity contribution in [3.05, 3.63) is 63.8 Å². The van der Waals surface area contributed by atoms with Gasteiger partial charge in [-0.1, -0.05) is 6.07 Å². The van der Waals surface area contributed by atoms with E-state index >= 15 is 0 Å². The lowest BCUT2D eigenvalue weighted by Crippen LogP contribution is -2.27. The predicted octanol–water partition coefficient (Wildman–Crippen LogP) is 1.23. The van der Waals surface area contributed by atoms with E-state index in [1.165, 1.54) is 34.1 Å². The number of aryl methyl sites for hydroxylation is 2. The van der Waals surface area contributed by atoms with E-state index in [-0.39, 0.29) is 11.3 Å². The maximum absolute atomic E-state index is 12.4.